The van der Waals surface area contributed by atoms with Crippen molar-refractivity contribution in [1.29, 1.82) is 0 Å². The van der Waals surface area contributed by atoms with Gasteiger partial charge in [0.2, 0.25) is 5.91 Å². The van der Waals surface area contributed by atoms with Gasteiger partial charge in [0.15, 0.2) is 0 Å². The molecule has 2 aliphatic rings. The Bertz CT molecular complexity index is 240. The summed E-state index contributed by atoms with van der Waals surface area (Å²) in [4.78, 5) is 14.2. The third-order valence-electron chi connectivity index (χ3n) is 3.71. The van der Waals surface area contributed by atoms with Crippen LogP contribution in [0, 0.1) is 5.92 Å². The minimum Gasteiger partial charge on any atom is -0.337 e. The second kappa shape index (κ2) is 5.17. The van der Waals surface area contributed by atoms with Gasteiger partial charge in [-0.05, 0) is 58.5 Å². The molecule has 0 aromatic carbocycles. The quantitative estimate of drug-likeness (QED) is 0.772. The topological polar surface area (TPSA) is 32.3 Å². The van der Waals surface area contributed by atoms with Gasteiger partial charge in [0.25, 0.3) is 0 Å². The van der Waals surface area contributed by atoms with Crippen molar-refractivity contribution >= 4 is 5.91 Å². The van der Waals surface area contributed by atoms with Crippen LogP contribution in [0.15, 0.2) is 0 Å². The highest BCUT2D eigenvalue weighted by Crippen LogP contribution is 2.29. The molecule has 0 aromatic heterocycles. The number of nitrogens with zero attached hydrogens (tertiary/aromatic N) is 1. The zero-order chi connectivity index (χ0) is 11.5. The lowest BCUT2D eigenvalue weighted by molar-refractivity contribution is -0.133. The molecule has 2 fully saturated rings. The van der Waals surface area contributed by atoms with Gasteiger partial charge in [-0.1, -0.05) is 0 Å². The van der Waals surface area contributed by atoms with Crippen molar-refractivity contribution in [3.05, 3.63) is 0 Å². The molecule has 1 saturated carbocycles. The Labute approximate surface area is 98.6 Å². The number of rotatable bonds is 5. The van der Waals surface area contributed by atoms with Gasteiger partial charge in [-0.3, -0.25) is 4.79 Å². The van der Waals surface area contributed by atoms with E-state index in [0.29, 0.717) is 18.0 Å². The van der Waals surface area contributed by atoms with Crippen molar-refractivity contribution in [3.8, 4) is 0 Å². The molecule has 1 saturated heterocycles. The summed E-state index contributed by atoms with van der Waals surface area (Å²) in [5.74, 6) is 1.11. The number of hydrogen-bond donors (Lipinski definition) is 1. The maximum atomic E-state index is 12.1. The molecule has 1 amide bonds. The fourth-order valence-electron chi connectivity index (χ4n) is 2.68. The van der Waals surface area contributed by atoms with Gasteiger partial charge in [-0.2, -0.15) is 0 Å². The van der Waals surface area contributed by atoms with E-state index in [9.17, 15) is 4.79 Å². The maximum Gasteiger partial charge on any atom is 0.223 e. The lowest BCUT2D eigenvalue weighted by Crippen LogP contribution is -2.38. The van der Waals surface area contributed by atoms with E-state index < -0.39 is 0 Å². The van der Waals surface area contributed by atoms with Gasteiger partial charge in [-0.25, -0.2) is 0 Å². The first-order valence-corrected chi connectivity index (χ1v) is 6.70. The van der Waals surface area contributed by atoms with Crippen molar-refractivity contribution in [2.75, 3.05) is 13.1 Å². The number of hydrogen-bond acceptors (Lipinski definition) is 2. The fraction of sp³-hybridized carbons (Fsp3) is 0.923. The minimum atomic E-state index is 0.377. The third-order valence-corrected chi connectivity index (χ3v) is 3.71. The SMILES string of the molecule is CC(C)N(C(=O)CCC1CCNC1)C1CC1. The highest BCUT2D eigenvalue weighted by atomic mass is 16.2. The minimum absolute atomic E-state index is 0.377. The Morgan fingerprint density at radius 2 is 2.12 bits per heavy atom. The Balaban J connectivity index is 1.76. The Hall–Kier alpha value is -0.570. The van der Waals surface area contributed by atoms with E-state index in [1.807, 2.05) is 0 Å². The molecule has 1 unspecified atom stereocenters. The number of amides is 1. The van der Waals surface area contributed by atoms with Gasteiger partial charge < -0.3 is 10.2 Å². The van der Waals surface area contributed by atoms with Crippen molar-refractivity contribution in [3.63, 3.8) is 0 Å². The van der Waals surface area contributed by atoms with Crippen LogP contribution < -0.4 is 5.32 Å². The van der Waals surface area contributed by atoms with Crippen molar-refractivity contribution in [2.45, 2.75) is 58.0 Å². The van der Waals surface area contributed by atoms with Crippen LogP contribution in [-0.4, -0.2) is 36.0 Å². The van der Waals surface area contributed by atoms with Crippen LogP contribution >= 0.6 is 0 Å². The van der Waals surface area contributed by atoms with Crippen molar-refractivity contribution in [2.24, 2.45) is 5.92 Å². The molecule has 0 bridgehead atoms. The van der Waals surface area contributed by atoms with Gasteiger partial charge in [0.05, 0.1) is 0 Å². The predicted molar refractivity (Wildman–Crippen MR) is 65.2 cm³/mol. The summed E-state index contributed by atoms with van der Waals surface area (Å²) < 4.78 is 0. The van der Waals surface area contributed by atoms with E-state index in [1.54, 1.807) is 0 Å². The van der Waals surface area contributed by atoms with E-state index in [4.69, 9.17) is 0 Å². The Kier molecular flexibility index (Phi) is 3.85. The average Bonchev–Trinajstić information content (AvgIpc) is 2.92. The molecule has 1 N–H and O–H groups in total. The van der Waals surface area contributed by atoms with E-state index in [-0.39, 0.29) is 0 Å². The number of carbonyl (C=O) groups is 1. The standard InChI is InChI=1S/C13H24N2O/c1-10(2)15(12-4-5-12)13(16)6-3-11-7-8-14-9-11/h10-12,14H,3-9H2,1-2H3. The van der Waals surface area contributed by atoms with Gasteiger partial charge in [0, 0.05) is 18.5 Å². The third kappa shape index (κ3) is 2.97. The summed E-state index contributed by atoms with van der Waals surface area (Å²) in [5, 5.41) is 3.36. The Morgan fingerprint density at radius 1 is 1.38 bits per heavy atom. The summed E-state index contributed by atoms with van der Waals surface area (Å²) in [6.07, 6.45) is 5.50. The van der Waals surface area contributed by atoms with Crippen molar-refractivity contribution < 1.29 is 4.79 Å². The smallest absolute Gasteiger partial charge is 0.223 e. The molecule has 3 nitrogen and oxygen atoms in total. The molecule has 3 heteroatoms. The summed E-state index contributed by atoms with van der Waals surface area (Å²) >= 11 is 0. The molecule has 1 aliphatic carbocycles. The molecule has 2 rings (SSSR count). The van der Waals surface area contributed by atoms with E-state index in [0.717, 1.165) is 31.8 Å². The normalized spacial score (nSPS) is 25.1. The van der Waals surface area contributed by atoms with Crippen LogP contribution in [0.4, 0.5) is 0 Å². The van der Waals surface area contributed by atoms with Crippen LogP contribution in [0.25, 0.3) is 0 Å². The zero-order valence-electron chi connectivity index (χ0n) is 10.5. The van der Waals surface area contributed by atoms with E-state index in [2.05, 4.69) is 24.1 Å². The average molecular weight is 224 g/mol. The van der Waals surface area contributed by atoms with Crippen LogP contribution in [0.3, 0.4) is 0 Å². The highest BCUT2D eigenvalue weighted by Gasteiger charge is 2.34. The molecule has 92 valence electrons. The van der Waals surface area contributed by atoms with Crippen molar-refractivity contribution in [1.82, 2.24) is 10.2 Å². The van der Waals surface area contributed by atoms with E-state index >= 15 is 0 Å². The van der Waals surface area contributed by atoms with Crippen LogP contribution in [-0.2, 0) is 4.79 Å². The van der Waals surface area contributed by atoms with Crippen LogP contribution in [0.1, 0.15) is 46.0 Å². The molecule has 0 spiro atoms. The molecule has 0 radical (unpaired) electrons. The molecule has 1 atom stereocenters. The summed E-state index contributed by atoms with van der Waals surface area (Å²) in [6, 6.07) is 0.941. The largest absolute Gasteiger partial charge is 0.337 e. The monoisotopic (exact) mass is 224 g/mol. The first kappa shape index (κ1) is 11.9. The molecular weight excluding hydrogens is 200 g/mol. The lowest BCUT2D eigenvalue weighted by atomic mass is 10.0. The summed E-state index contributed by atoms with van der Waals surface area (Å²) in [5.41, 5.74) is 0. The summed E-state index contributed by atoms with van der Waals surface area (Å²) in [6.45, 7) is 6.51. The second-order valence-corrected chi connectivity index (χ2v) is 5.52. The molecule has 16 heavy (non-hydrogen) atoms. The second-order valence-electron chi connectivity index (χ2n) is 5.52. The van der Waals surface area contributed by atoms with Gasteiger partial charge in [0.1, 0.15) is 0 Å². The molecule has 1 heterocycles. The Morgan fingerprint density at radius 3 is 2.62 bits per heavy atom. The lowest BCUT2D eigenvalue weighted by Gasteiger charge is -2.27. The number of carbonyl (C=O) groups excluding carboxylic acids is 1. The molecular formula is C13H24N2O. The first-order chi connectivity index (χ1) is 7.68. The molecule has 0 aromatic rings. The fourth-order valence-corrected chi connectivity index (χ4v) is 2.68. The predicted octanol–water partition coefficient (Wildman–Crippen LogP) is 1.78. The highest BCUT2D eigenvalue weighted by molar-refractivity contribution is 5.77. The molecule has 1 aliphatic heterocycles. The van der Waals surface area contributed by atoms with Crippen LogP contribution in [0.2, 0.25) is 0 Å². The first-order valence-electron chi connectivity index (χ1n) is 6.70. The van der Waals surface area contributed by atoms with Gasteiger partial charge >= 0.3 is 0 Å². The summed E-state index contributed by atoms with van der Waals surface area (Å²) in [7, 11) is 0. The van der Waals surface area contributed by atoms with Gasteiger partial charge in [-0.15, -0.1) is 0 Å². The number of nitrogens with one attached hydrogen (secondary N) is 1. The zero-order valence-corrected chi connectivity index (χ0v) is 10.5. The van der Waals surface area contributed by atoms with E-state index in [1.165, 1.54) is 19.3 Å². The van der Waals surface area contributed by atoms with Crippen LogP contribution in [0.5, 0.6) is 0 Å². The maximum absolute atomic E-state index is 12.1.